The van der Waals surface area contributed by atoms with Gasteiger partial charge in [0.1, 0.15) is 5.82 Å². The largest absolute Gasteiger partial charge is 0.357 e. The number of aromatic nitrogens is 4. The molecule has 1 amide bonds. The van der Waals surface area contributed by atoms with E-state index in [-0.39, 0.29) is 23.8 Å². The van der Waals surface area contributed by atoms with E-state index >= 15 is 0 Å². The summed E-state index contributed by atoms with van der Waals surface area (Å²) in [5.41, 5.74) is 1.60. The minimum Gasteiger partial charge on any atom is -0.357 e. The maximum absolute atomic E-state index is 13.5. The highest BCUT2D eigenvalue weighted by Crippen LogP contribution is 2.30. The summed E-state index contributed by atoms with van der Waals surface area (Å²) in [5.74, 6) is -0.557. The van der Waals surface area contributed by atoms with Crippen molar-refractivity contribution in [3.8, 4) is 5.69 Å². The standard InChI is InChI=1S/C21H18ClFN6OS/c22-13-3-1-6-17(29-24-9-10-25-29)19(13)20(30)26-14-4-2-5-15(14)27-21-28-16-8-7-12(23)11-18(16)31-21/h1,3,6-11,14-15H,2,4-5H2,(H,26,30)(H,27,28). The highest BCUT2D eigenvalue weighted by molar-refractivity contribution is 7.22. The van der Waals surface area contributed by atoms with Gasteiger partial charge in [-0.25, -0.2) is 9.37 Å². The molecule has 2 aromatic heterocycles. The second-order valence-corrected chi connectivity index (χ2v) is 8.78. The summed E-state index contributed by atoms with van der Waals surface area (Å²) < 4.78 is 14.3. The SMILES string of the molecule is O=C(NC1CCCC1Nc1nc2ccc(F)cc2s1)c1c(Cl)cccc1-n1nccn1. The zero-order chi connectivity index (χ0) is 21.4. The molecule has 2 atom stereocenters. The normalized spacial score (nSPS) is 18.4. The molecule has 1 aliphatic rings. The number of nitrogens with zero attached hydrogens (tertiary/aromatic N) is 4. The lowest BCUT2D eigenvalue weighted by Gasteiger charge is -2.22. The van der Waals surface area contributed by atoms with E-state index in [0.717, 1.165) is 29.5 Å². The van der Waals surface area contributed by atoms with Gasteiger partial charge in [0.15, 0.2) is 5.13 Å². The molecule has 1 saturated carbocycles. The van der Waals surface area contributed by atoms with Crippen LogP contribution >= 0.6 is 22.9 Å². The summed E-state index contributed by atoms with van der Waals surface area (Å²) in [7, 11) is 0. The number of nitrogens with one attached hydrogen (secondary N) is 2. The average Bonchev–Trinajstić information content (AvgIpc) is 3.49. The maximum atomic E-state index is 13.5. The fraction of sp³-hybridized carbons (Fsp3) is 0.238. The molecule has 2 unspecified atom stereocenters. The lowest BCUT2D eigenvalue weighted by Crippen LogP contribution is -2.43. The van der Waals surface area contributed by atoms with Crippen LogP contribution in [0.25, 0.3) is 15.9 Å². The number of benzene rings is 2. The monoisotopic (exact) mass is 456 g/mol. The summed E-state index contributed by atoms with van der Waals surface area (Å²) in [6, 6.07) is 9.67. The number of carbonyl (C=O) groups is 1. The lowest BCUT2D eigenvalue weighted by molar-refractivity contribution is 0.0935. The predicted octanol–water partition coefficient (Wildman–Crippen LogP) is 4.43. The quantitative estimate of drug-likeness (QED) is 0.464. The molecular formula is C21H18ClFN6OS. The molecule has 2 N–H and O–H groups in total. The smallest absolute Gasteiger partial charge is 0.255 e. The third kappa shape index (κ3) is 3.98. The molecule has 2 heterocycles. The average molecular weight is 457 g/mol. The van der Waals surface area contributed by atoms with Gasteiger partial charge < -0.3 is 10.6 Å². The van der Waals surface area contributed by atoms with Crippen molar-refractivity contribution in [2.75, 3.05) is 5.32 Å². The molecule has 7 nitrogen and oxygen atoms in total. The number of anilines is 1. The summed E-state index contributed by atoms with van der Waals surface area (Å²) in [6.07, 6.45) is 5.79. The Kier molecular flexibility index (Phi) is 5.29. The lowest BCUT2D eigenvalue weighted by atomic mass is 10.1. The van der Waals surface area contributed by atoms with Gasteiger partial charge >= 0.3 is 0 Å². The van der Waals surface area contributed by atoms with Crippen molar-refractivity contribution in [2.45, 2.75) is 31.3 Å². The highest BCUT2D eigenvalue weighted by atomic mass is 35.5. The third-order valence-corrected chi connectivity index (χ3v) is 6.61. The van der Waals surface area contributed by atoms with E-state index in [0.29, 0.717) is 21.4 Å². The zero-order valence-corrected chi connectivity index (χ0v) is 17.8. The van der Waals surface area contributed by atoms with E-state index in [9.17, 15) is 9.18 Å². The van der Waals surface area contributed by atoms with Gasteiger partial charge in [-0.2, -0.15) is 15.0 Å². The van der Waals surface area contributed by atoms with Crippen LogP contribution in [-0.2, 0) is 0 Å². The number of amides is 1. The molecule has 5 rings (SSSR count). The summed E-state index contributed by atoms with van der Waals surface area (Å²) in [6.45, 7) is 0. The van der Waals surface area contributed by atoms with Gasteiger partial charge in [0.2, 0.25) is 0 Å². The van der Waals surface area contributed by atoms with Gasteiger partial charge in [-0.05, 0) is 49.6 Å². The first kappa shape index (κ1) is 19.9. The molecule has 4 aromatic rings. The number of fused-ring (bicyclic) bond motifs is 1. The molecule has 0 radical (unpaired) electrons. The van der Waals surface area contributed by atoms with Gasteiger partial charge in [-0.15, -0.1) is 0 Å². The molecule has 0 bridgehead atoms. The predicted molar refractivity (Wildman–Crippen MR) is 118 cm³/mol. The van der Waals surface area contributed by atoms with Crippen molar-refractivity contribution in [1.29, 1.82) is 0 Å². The third-order valence-electron chi connectivity index (χ3n) is 5.34. The van der Waals surface area contributed by atoms with E-state index < -0.39 is 0 Å². The summed E-state index contributed by atoms with van der Waals surface area (Å²) in [4.78, 5) is 19.1. The molecule has 31 heavy (non-hydrogen) atoms. The van der Waals surface area contributed by atoms with Crippen LogP contribution in [0.1, 0.15) is 29.6 Å². The number of carbonyl (C=O) groups excluding carboxylic acids is 1. The topological polar surface area (TPSA) is 84.7 Å². The number of hydrogen-bond acceptors (Lipinski definition) is 6. The van der Waals surface area contributed by atoms with Crippen molar-refractivity contribution in [3.05, 3.63) is 65.2 Å². The Hall–Kier alpha value is -3.04. The second kappa shape index (κ2) is 8.24. The van der Waals surface area contributed by atoms with Gasteiger partial charge in [0, 0.05) is 12.1 Å². The molecule has 1 aliphatic carbocycles. The minimum absolute atomic E-state index is 0.0168. The molecule has 0 spiro atoms. The van der Waals surface area contributed by atoms with Gasteiger partial charge in [0.05, 0.1) is 38.9 Å². The Morgan fingerprint density at radius 3 is 2.81 bits per heavy atom. The molecule has 0 aliphatic heterocycles. The second-order valence-electron chi connectivity index (χ2n) is 7.35. The summed E-state index contributed by atoms with van der Waals surface area (Å²) in [5, 5.41) is 15.8. The van der Waals surface area contributed by atoms with Crippen LogP contribution in [0.2, 0.25) is 5.02 Å². The number of hydrogen-bond donors (Lipinski definition) is 2. The van der Waals surface area contributed by atoms with Gasteiger partial charge in [-0.3, -0.25) is 4.79 Å². The van der Waals surface area contributed by atoms with Crippen molar-refractivity contribution >= 4 is 44.2 Å². The van der Waals surface area contributed by atoms with Gasteiger partial charge in [-0.1, -0.05) is 29.0 Å². The van der Waals surface area contributed by atoms with Crippen molar-refractivity contribution in [1.82, 2.24) is 25.3 Å². The first-order valence-corrected chi connectivity index (χ1v) is 11.1. The van der Waals surface area contributed by atoms with Crippen LogP contribution in [0.3, 0.4) is 0 Å². The highest BCUT2D eigenvalue weighted by Gasteiger charge is 2.31. The van der Waals surface area contributed by atoms with E-state index in [1.165, 1.54) is 28.3 Å². The first-order chi connectivity index (χ1) is 15.1. The van der Waals surface area contributed by atoms with Crippen LogP contribution in [-0.4, -0.2) is 38.0 Å². The minimum atomic E-state index is -0.282. The van der Waals surface area contributed by atoms with Crippen LogP contribution < -0.4 is 10.6 Å². The maximum Gasteiger partial charge on any atom is 0.255 e. The first-order valence-electron chi connectivity index (χ1n) is 9.87. The Balaban J connectivity index is 1.35. The van der Waals surface area contributed by atoms with Crippen molar-refractivity contribution in [2.24, 2.45) is 0 Å². The molecule has 158 valence electrons. The van der Waals surface area contributed by atoms with E-state index in [1.807, 2.05) is 0 Å². The van der Waals surface area contributed by atoms with E-state index in [4.69, 9.17) is 11.6 Å². The number of halogens is 2. The molecular weight excluding hydrogens is 439 g/mol. The molecule has 1 fully saturated rings. The zero-order valence-electron chi connectivity index (χ0n) is 16.3. The van der Waals surface area contributed by atoms with Crippen molar-refractivity contribution in [3.63, 3.8) is 0 Å². The molecule has 0 saturated heterocycles. The van der Waals surface area contributed by atoms with E-state index in [1.54, 1.807) is 36.7 Å². The van der Waals surface area contributed by atoms with Crippen LogP contribution in [0.15, 0.2) is 48.8 Å². The number of thiazole rings is 1. The van der Waals surface area contributed by atoms with Crippen LogP contribution in [0.5, 0.6) is 0 Å². The Morgan fingerprint density at radius 2 is 1.97 bits per heavy atom. The molecule has 2 aromatic carbocycles. The fourth-order valence-corrected chi connectivity index (χ4v) is 5.12. The summed E-state index contributed by atoms with van der Waals surface area (Å²) >= 11 is 7.77. The fourth-order valence-electron chi connectivity index (χ4n) is 3.91. The van der Waals surface area contributed by atoms with Crippen molar-refractivity contribution < 1.29 is 9.18 Å². The Bertz CT molecular complexity index is 1240. The van der Waals surface area contributed by atoms with Crippen LogP contribution in [0.4, 0.5) is 9.52 Å². The number of rotatable bonds is 5. The van der Waals surface area contributed by atoms with Crippen LogP contribution in [0, 0.1) is 5.82 Å². The van der Waals surface area contributed by atoms with E-state index in [2.05, 4.69) is 25.8 Å². The Labute approximate surface area is 186 Å². The molecule has 10 heteroatoms. The van der Waals surface area contributed by atoms with Gasteiger partial charge in [0.25, 0.3) is 5.91 Å². The Morgan fingerprint density at radius 1 is 1.16 bits per heavy atom.